The van der Waals surface area contributed by atoms with Crippen LogP contribution in [-0.2, 0) is 0 Å². The highest BCUT2D eigenvalue weighted by Gasteiger charge is 2.42. The monoisotopic (exact) mass is 770 g/mol. The van der Waals surface area contributed by atoms with Gasteiger partial charge in [0.25, 0.3) is 6.71 Å². The van der Waals surface area contributed by atoms with Gasteiger partial charge >= 0.3 is 0 Å². The Kier molecular flexibility index (Phi) is 7.82. The lowest BCUT2D eigenvalue weighted by Gasteiger charge is -2.40. The molecule has 1 aromatic heterocycles. The van der Waals surface area contributed by atoms with Gasteiger partial charge in [0.1, 0.15) is 11.5 Å². The fourth-order valence-corrected chi connectivity index (χ4v) is 10.4. The Morgan fingerprint density at radius 1 is 0.407 bits per heavy atom. The third-order valence-corrected chi connectivity index (χ3v) is 13.0. The molecule has 0 amide bonds. The van der Waals surface area contributed by atoms with Crippen molar-refractivity contribution in [3.8, 4) is 33.8 Å². The Bertz CT molecular complexity index is 3170. The molecule has 0 fully saturated rings. The highest BCUT2D eigenvalue weighted by molar-refractivity contribution is 7.26. The normalized spacial score (nSPS) is 12.5. The van der Waals surface area contributed by atoms with Gasteiger partial charge in [-0.3, -0.25) is 0 Å². The maximum absolute atomic E-state index is 6.98. The van der Waals surface area contributed by atoms with E-state index < -0.39 is 0 Å². The predicted octanol–water partition coefficient (Wildman–Crippen LogP) is 13.3. The minimum atomic E-state index is -0.00449. The van der Waals surface area contributed by atoms with Crippen molar-refractivity contribution >= 4 is 88.7 Å². The fraction of sp³-hybridized carbons (Fsp3) is 0. The molecule has 10 aromatic rings. The number of hydrogen-bond acceptors (Lipinski definition) is 4. The quantitative estimate of drug-likeness (QED) is 0.157. The minimum Gasteiger partial charge on any atom is -0.458 e. The zero-order valence-electron chi connectivity index (χ0n) is 32.0. The molecule has 276 valence electrons. The third-order valence-electron chi connectivity index (χ3n) is 11.9. The van der Waals surface area contributed by atoms with Crippen LogP contribution in [0.2, 0.25) is 0 Å². The van der Waals surface area contributed by atoms with Gasteiger partial charge in [-0.1, -0.05) is 133 Å². The summed E-state index contributed by atoms with van der Waals surface area (Å²) < 4.78 is 9.49. The van der Waals surface area contributed by atoms with Crippen LogP contribution in [0.25, 0.3) is 42.4 Å². The standard InChI is InChI=1S/C54H35BN2OS/c1-5-15-36(16-6-1)38-19-13-24-42(31-38)57-48-25-14-26-50-54(48)55(46-30-27-39(32-49(46)57)37-17-7-2-8-18-37)47-35-53-45(34-51(47)58-50)44-29-28-43(33-52(44)59-53)56(40-20-9-3-10-21-40)41-22-11-4-12-23-41/h1-35H. The van der Waals surface area contributed by atoms with Crippen LogP contribution >= 0.6 is 11.3 Å². The summed E-state index contributed by atoms with van der Waals surface area (Å²) in [5.74, 6) is 1.83. The smallest absolute Gasteiger partial charge is 0.256 e. The maximum Gasteiger partial charge on any atom is 0.256 e. The number of nitrogens with zero attached hydrogens (tertiary/aromatic N) is 2. The summed E-state index contributed by atoms with van der Waals surface area (Å²) in [4.78, 5) is 4.78. The van der Waals surface area contributed by atoms with Crippen molar-refractivity contribution in [1.29, 1.82) is 0 Å². The SMILES string of the molecule is c1ccc(-c2cccc(N3c4cc(-c5ccccc5)ccc4B4c5cc6sc7cc(N(c8ccccc8)c8ccccc8)ccc7c6cc5Oc5cccc3c54)c2)cc1. The summed E-state index contributed by atoms with van der Waals surface area (Å²) in [7, 11) is 0. The predicted molar refractivity (Wildman–Crippen MR) is 251 cm³/mol. The lowest BCUT2D eigenvalue weighted by molar-refractivity contribution is 0.488. The van der Waals surface area contributed by atoms with Crippen LogP contribution in [0.4, 0.5) is 34.1 Å². The maximum atomic E-state index is 6.98. The van der Waals surface area contributed by atoms with E-state index in [1.165, 1.54) is 64.5 Å². The Labute approximate surface area is 347 Å². The first-order chi connectivity index (χ1) is 29.2. The highest BCUT2D eigenvalue weighted by Crippen LogP contribution is 2.45. The van der Waals surface area contributed by atoms with Crippen molar-refractivity contribution in [1.82, 2.24) is 0 Å². The van der Waals surface area contributed by atoms with Gasteiger partial charge in [-0.2, -0.15) is 0 Å². The van der Waals surface area contributed by atoms with Crippen molar-refractivity contribution in [3.05, 3.63) is 212 Å². The van der Waals surface area contributed by atoms with E-state index in [0.717, 1.165) is 39.9 Å². The van der Waals surface area contributed by atoms with E-state index in [1.54, 1.807) is 0 Å². The number of rotatable bonds is 6. The molecule has 0 saturated heterocycles. The molecular weight excluding hydrogens is 735 g/mol. The van der Waals surface area contributed by atoms with Gasteiger partial charge in [-0.25, -0.2) is 0 Å². The molecule has 9 aromatic carbocycles. The molecule has 0 radical (unpaired) electrons. The second-order valence-electron chi connectivity index (χ2n) is 15.3. The van der Waals surface area contributed by atoms with Crippen LogP contribution in [0.15, 0.2) is 212 Å². The summed E-state index contributed by atoms with van der Waals surface area (Å²) in [6, 6.07) is 76.7. The first-order valence-corrected chi connectivity index (χ1v) is 20.9. The van der Waals surface area contributed by atoms with Crippen molar-refractivity contribution in [2.45, 2.75) is 0 Å². The van der Waals surface area contributed by atoms with Crippen LogP contribution in [0.3, 0.4) is 0 Å². The van der Waals surface area contributed by atoms with Gasteiger partial charge in [0.2, 0.25) is 0 Å². The van der Waals surface area contributed by atoms with Gasteiger partial charge in [-0.05, 0) is 118 Å². The molecular formula is C54H35BN2OS. The molecule has 0 saturated carbocycles. The molecule has 59 heavy (non-hydrogen) atoms. The van der Waals surface area contributed by atoms with E-state index in [4.69, 9.17) is 4.74 Å². The van der Waals surface area contributed by atoms with Crippen LogP contribution in [-0.4, -0.2) is 6.71 Å². The molecule has 0 aliphatic carbocycles. The van der Waals surface area contributed by atoms with E-state index in [1.807, 2.05) is 11.3 Å². The molecule has 5 heteroatoms. The molecule has 0 unspecified atom stereocenters. The molecule has 0 spiro atoms. The van der Waals surface area contributed by atoms with E-state index in [2.05, 4.69) is 222 Å². The van der Waals surface area contributed by atoms with E-state index in [9.17, 15) is 0 Å². The van der Waals surface area contributed by atoms with E-state index in [0.29, 0.717) is 0 Å². The van der Waals surface area contributed by atoms with Gasteiger partial charge in [-0.15, -0.1) is 11.3 Å². The summed E-state index contributed by atoms with van der Waals surface area (Å²) in [6.07, 6.45) is 0. The number of para-hydroxylation sites is 2. The van der Waals surface area contributed by atoms with Crippen molar-refractivity contribution in [3.63, 3.8) is 0 Å². The lowest BCUT2D eigenvalue weighted by Crippen LogP contribution is -2.59. The van der Waals surface area contributed by atoms with Crippen molar-refractivity contribution < 1.29 is 4.74 Å². The zero-order valence-corrected chi connectivity index (χ0v) is 32.8. The van der Waals surface area contributed by atoms with Gasteiger partial charge in [0.15, 0.2) is 0 Å². The fourth-order valence-electron chi connectivity index (χ4n) is 9.22. The molecule has 3 nitrogen and oxygen atoms in total. The number of ether oxygens (including phenoxy) is 1. The number of hydrogen-bond donors (Lipinski definition) is 0. The Morgan fingerprint density at radius 3 is 1.75 bits per heavy atom. The van der Waals surface area contributed by atoms with Gasteiger partial charge in [0.05, 0.1) is 0 Å². The van der Waals surface area contributed by atoms with Gasteiger partial charge in [0, 0.05) is 54.3 Å². The highest BCUT2D eigenvalue weighted by atomic mass is 32.1. The summed E-state index contributed by atoms with van der Waals surface area (Å²) in [6.45, 7) is -0.00449. The number of thiophene rings is 1. The Morgan fingerprint density at radius 2 is 1.03 bits per heavy atom. The summed E-state index contributed by atoms with van der Waals surface area (Å²) in [5, 5.41) is 2.46. The average molecular weight is 771 g/mol. The minimum absolute atomic E-state index is 0.00449. The zero-order chi connectivity index (χ0) is 38.9. The first kappa shape index (κ1) is 33.8. The molecule has 3 heterocycles. The lowest BCUT2D eigenvalue weighted by atomic mass is 9.34. The molecule has 0 N–H and O–H groups in total. The topological polar surface area (TPSA) is 15.7 Å². The van der Waals surface area contributed by atoms with Gasteiger partial charge < -0.3 is 14.5 Å². The number of fused-ring (bicyclic) bond motifs is 7. The van der Waals surface area contributed by atoms with E-state index >= 15 is 0 Å². The van der Waals surface area contributed by atoms with Crippen LogP contribution in [0, 0.1) is 0 Å². The third kappa shape index (κ3) is 5.58. The Hall–Kier alpha value is -7.34. The molecule has 0 bridgehead atoms. The molecule has 0 atom stereocenters. The summed E-state index contributed by atoms with van der Waals surface area (Å²) in [5.41, 5.74) is 15.3. The molecule has 12 rings (SSSR count). The number of benzene rings is 9. The largest absolute Gasteiger partial charge is 0.458 e. The number of anilines is 6. The van der Waals surface area contributed by atoms with E-state index in [-0.39, 0.29) is 6.71 Å². The van der Waals surface area contributed by atoms with Crippen LogP contribution < -0.4 is 30.9 Å². The Balaban J connectivity index is 1.03. The molecule has 2 aliphatic heterocycles. The van der Waals surface area contributed by atoms with Crippen LogP contribution in [0.1, 0.15) is 0 Å². The second-order valence-corrected chi connectivity index (χ2v) is 16.4. The average Bonchev–Trinajstić information content (AvgIpc) is 3.66. The first-order valence-electron chi connectivity index (χ1n) is 20.1. The summed E-state index contributed by atoms with van der Waals surface area (Å²) >= 11 is 1.86. The van der Waals surface area contributed by atoms with Crippen molar-refractivity contribution in [2.75, 3.05) is 9.80 Å². The second kappa shape index (κ2) is 13.7. The molecule has 2 aliphatic rings. The van der Waals surface area contributed by atoms with Crippen molar-refractivity contribution in [2.24, 2.45) is 0 Å². The van der Waals surface area contributed by atoms with Crippen LogP contribution in [0.5, 0.6) is 11.5 Å².